The predicted molar refractivity (Wildman–Crippen MR) is 47.6 cm³/mol. The van der Waals surface area contributed by atoms with Crippen LogP contribution in [0.3, 0.4) is 0 Å². The summed E-state index contributed by atoms with van der Waals surface area (Å²) in [6.07, 6.45) is 3.65. The Hall–Kier alpha value is -0.740. The maximum absolute atomic E-state index is 5.35. The number of nitrogens with zero attached hydrogens (tertiary/aromatic N) is 1. The predicted octanol–water partition coefficient (Wildman–Crippen LogP) is 0.305. The maximum atomic E-state index is 5.35. The fraction of sp³-hybridized carbons (Fsp3) is 0.500. The number of nitrogens with two attached hydrogens (primary N) is 2. The zero-order valence-electron chi connectivity index (χ0n) is 6.21. The minimum Gasteiger partial charge on any atom is -0.369 e. The van der Waals surface area contributed by atoms with Crippen LogP contribution in [0.25, 0.3) is 0 Å². The third kappa shape index (κ3) is 3.25. The molecule has 11 heavy (non-hydrogen) atoms. The number of anilines is 1. The third-order valence-corrected chi connectivity index (χ3v) is 1.30. The fourth-order valence-corrected chi connectivity index (χ4v) is 0.796. The van der Waals surface area contributed by atoms with Crippen molar-refractivity contribution in [3.8, 4) is 0 Å². The molecule has 5 heteroatoms. The van der Waals surface area contributed by atoms with E-state index in [1.54, 1.807) is 6.20 Å². The van der Waals surface area contributed by atoms with Crippen molar-refractivity contribution >= 4 is 18.4 Å². The molecule has 0 radical (unpaired) electrons. The van der Waals surface area contributed by atoms with Crippen LogP contribution in [-0.4, -0.2) is 16.5 Å². The van der Waals surface area contributed by atoms with Crippen LogP contribution in [0, 0.1) is 0 Å². The van der Waals surface area contributed by atoms with E-state index in [0.717, 1.165) is 18.5 Å². The van der Waals surface area contributed by atoms with E-state index in [1.165, 1.54) is 0 Å². The van der Waals surface area contributed by atoms with Gasteiger partial charge < -0.3 is 16.5 Å². The number of rotatable bonds is 3. The van der Waals surface area contributed by atoms with Gasteiger partial charge in [-0.15, -0.1) is 12.4 Å². The minimum absolute atomic E-state index is 0. The Morgan fingerprint density at radius 3 is 2.73 bits per heavy atom. The summed E-state index contributed by atoms with van der Waals surface area (Å²) in [4.78, 5) is 6.77. The number of hydrogen-bond acceptors (Lipinski definition) is 3. The number of imidazole rings is 1. The lowest BCUT2D eigenvalue weighted by molar-refractivity contribution is 0.816. The van der Waals surface area contributed by atoms with Gasteiger partial charge in [0.1, 0.15) is 0 Å². The van der Waals surface area contributed by atoms with E-state index in [9.17, 15) is 0 Å². The van der Waals surface area contributed by atoms with E-state index in [1.807, 2.05) is 0 Å². The number of H-pyrrole nitrogens is 1. The highest BCUT2D eigenvalue weighted by Gasteiger charge is 1.94. The first kappa shape index (κ1) is 10.3. The lowest BCUT2D eigenvalue weighted by Crippen LogP contribution is -2.00. The van der Waals surface area contributed by atoms with Crippen LogP contribution in [-0.2, 0) is 6.42 Å². The minimum atomic E-state index is 0. The normalized spacial score (nSPS) is 9.18. The molecule has 0 unspecified atom stereocenters. The number of aromatic nitrogens is 2. The molecule has 5 N–H and O–H groups in total. The van der Waals surface area contributed by atoms with Crippen LogP contribution in [0.4, 0.5) is 5.95 Å². The highest BCUT2D eigenvalue weighted by atomic mass is 35.5. The number of nitrogens with one attached hydrogen (secondary N) is 1. The van der Waals surface area contributed by atoms with Crippen LogP contribution in [0.1, 0.15) is 12.1 Å². The molecule has 1 heterocycles. The van der Waals surface area contributed by atoms with Crippen molar-refractivity contribution in [2.75, 3.05) is 12.3 Å². The van der Waals surface area contributed by atoms with Gasteiger partial charge in [0.25, 0.3) is 0 Å². The quantitative estimate of drug-likeness (QED) is 0.620. The van der Waals surface area contributed by atoms with Crippen molar-refractivity contribution in [2.24, 2.45) is 5.73 Å². The lowest BCUT2D eigenvalue weighted by Gasteiger charge is -1.91. The van der Waals surface area contributed by atoms with Crippen molar-refractivity contribution in [3.63, 3.8) is 0 Å². The SMILES string of the molecule is Cl.NCCCc1cnc(N)[nH]1. The standard InChI is InChI=1S/C6H12N4.ClH/c7-3-1-2-5-4-9-6(8)10-5;/h4H,1-3,7H2,(H3,8,9,10);1H. The maximum Gasteiger partial charge on any atom is 0.197 e. The number of aromatic amines is 1. The molecule has 0 saturated heterocycles. The molecular weight excluding hydrogens is 164 g/mol. The first-order valence-corrected chi connectivity index (χ1v) is 3.32. The summed E-state index contributed by atoms with van der Waals surface area (Å²) in [6.45, 7) is 0.707. The highest BCUT2D eigenvalue weighted by molar-refractivity contribution is 5.85. The second kappa shape index (κ2) is 4.98. The first-order chi connectivity index (χ1) is 4.83. The van der Waals surface area contributed by atoms with Gasteiger partial charge in [-0.2, -0.15) is 0 Å². The van der Waals surface area contributed by atoms with Crippen molar-refractivity contribution < 1.29 is 0 Å². The van der Waals surface area contributed by atoms with Crippen LogP contribution in [0.2, 0.25) is 0 Å². The van der Waals surface area contributed by atoms with E-state index in [0.29, 0.717) is 12.5 Å². The van der Waals surface area contributed by atoms with E-state index < -0.39 is 0 Å². The number of nitrogen functional groups attached to an aromatic ring is 1. The van der Waals surface area contributed by atoms with Crippen LogP contribution >= 0.6 is 12.4 Å². The lowest BCUT2D eigenvalue weighted by atomic mass is 10.2. The van der Waals surface area contributed by atoms with E-state index in [2.05, 4.69) is 9.97 Å². The molecule has 1 aromatic rings. The number of hydrogen-bond donors (Lipinski definition) is 3. The Morgan fingerprint density at radius 2 is 2.27 bits per heavy atom. The Morgan fingerprint density at radius 1 is 1.55 bits per heavy atom. The molecule has 0 amide bonds. The molecule has 0 aliphatic rings. The molecule has 0 bridgehead atoms. The molecule has 64 valence electrons. The van der Waals surface area contributed by atoms with Gasteiger partial charge in [-0.25, -0.2) is 4.98 Å². The average Bonchev–Trinajstić information content (AvgIpc) is 2.31. The van der Waals surface area contributed by atoms with Gasteiger partial charge in [0, 0.05) is 5.69 Å². The Kier molecular flexibility index (Phi) is 4.65. The van der Waals surface area contributed by atoms with Crippen molar-refractivity contribution in [2.45, 2.75) is 12.8 Å². The summed E-state index contributed by atoms with van der Waals surface area (Å²) in [5.41, 5.74) is 11.7. The zero-order chi connectivity index (χ0) is 7.40. The Labute approximate surface area is 71.8 Å². The summed E-state index contributed by atoms with van der Waals surface area (Å²) in [5, 5.41) is 0. The second-order valence-electron chi connectivity index (χ2n) is 2.19. The van der Waals surface area contributed by atoms with Gasteiger partial charge in [-0.1, -0.05) is 0 Å². The van der Waals surface area contributed by atoms with Gasteiger partial charge in [0.2, 0.25) is 0 Å². The molecule has 0 fully saturated rings. The number of aryl methyl sites for hydroxylation is 1. The smallest absolute Gasteiger partial charge is 0.197 e. The van der Waals surface area contributed by atoms with Crippen LogP contribution in [0.15, 0.2) is 6.20 Å². The summed E-state index contributed by atoms with van der Waals surface area (Å²) in [6, 6.07) is 0. The van der Waals surface area contributed by atoms with Crippen LogP contribution < -0.4 is 11.5 Å². The Bertz CT molecular complexity index is 198. The largest absolute Gasteiger partial charge is 0.369 e. The highest BCUT2D eigenvalue weighted by Crippen LogP contribution is 1.99. The third-order valence-electron chi connectivity index (χ3n) is 1.30. The topological polar surface area (TPSA) is 80.7 Å². The molecule has 0 spiro atoms. The van der Waals surface area contributed by atoms with E-state index in [4.69, 9.17) is 11.5 Å². The molecule has 1 aromatic heterocycles. The summed E-state index contributed by atoms with van der Waals surface area (Å²) in [5.74, 6) is 0.479. The molecule has 4 nitrogen and oxygen atoms in total. The molecule has 0 aromatic carbocycles. The van der Waals surface area contributed by atoms with Gasteiger partial charge in [-0.3, -0.25) is 0 Å². The van der Waals surface area contributed by atoms with E-state index in [-0.39, 0.29) is 12.4 Å². The van der Waals surface area contributed by atoms with Gasteiger partial charge in [0.15, 0.2) is 5.95 Å². The van der Waals surface area contributed by atoms with Gasteiger partial charge >= 0.3 is 0 Å². The summed E-state index contributed by atoms with van der Waals surface area (Å²) in [7, 11) is 0. The molecular formula is C6H13ClN4. The zero-order valence-corrected chi connectivity index (χ0v) is 7.03. The van der Waals surface area contributed by atoms with Crippen molar-refractivity contribution in [1.82, 2.24) is 9.97 Å². The summed E-state index contributed by atoms with van der Waals surface area (Å²) < 4.78 is 0. The molecule has 1 rings (SSSR count). The van der Waals surface area contributed by atoms with Crippen molar-refractivity contribution in [3.05, 3.63) is 11.9 Å². The Balaban J connectivity index is 0.000001000. The molecule has 0 atom stereocenters. The average molecular weight is 177 g/mol. The molecule has 0 aliphatic carbocycles. The van der Waals surface area contributed by atoms with Crippen LogP contribution in [0.5, 0.6) is 0 Å². The monoisotopic (exact) mass is 176 g/mol. The van der Waals surface area contributed by atoms with Crippen molar-refractivity contribution in [1.29, 1.82) is 0 Å². The number of halogens is 1. The van der Waals surface area contributed by atoms with E-state index >= 15 is 0 Å². The van der Waals surface area contributed by atoms with Gasteiger partial charge in [-0.05, 0) is 19.4 Å². The first-order valence-electron chi connectivity index (χ1n) is 3.32. The molecule has 0 aliphatic heterocycles. The molecule has 0 saturated carbocycles. The fourth-order valence-electron chi connectivity index (χ4n) is 0.796. The summed E-state index contributed by atoms with van der Waals surface area (Å²) >= 11 is 0. The van der Waals surface area contributed by atoms with Gasteiger partial charge in [0.05, 0.1) is 6.20 Å². The second-order valence-corrected chi connectivity index (χ2v) is 2.19.